The number of aromatic nitrogens is 1. The molecule has 1 amide bonds. The lowest BCUT2D eigenvalue weighted by Crippen LogP contribution is -2.44. The summed E-state index contributed by atoms with van der Waals surface area (Å²) in [6.45, 7) is 10.8. The molecule has 1 atom stereocenters. The summed E-state index contributed by atoms with van der Waals surface area (Å²) in [6.07, 6.45) is 5.16. The molecule has 2 N–H and O–H groups in total. The van der Waals surface area contributed by atoms with Crippen molar-refractivity contribution in [3.8, 4) is 0 Å². The van der Waals surface area contributed by atoms with E-state index in [2.05, 4.69) is 56.0 Å². The second kappa shape index (κ2) is 6.04. The van der Waals surface area contributed by atoms with Gasteiger partial charge in [-0.3, -0.25) is 10.1 Å². The van der Waals surface area contributed by atoms with Gasteiger partial charge < -0.3 is 5.32 Å². The van der Waals surface area contributed by atoms with Gasteiger partial charge in [-0.05, 0) is 59.1 Å². The predicted octanol–water partition coefficient (Wildman–Crippen LogP) is 3.50. The molecule has 4 nitrogen and oxygen atoms in total. The van der Waals surface area contributed by atoms with E-state index in [1.54, 1.807) is 0 Å². The molecule has 116 valence electrons. The van der Waals surface area contributed by atoms with Crippen LogP contribution in [0, 0.1) is 5.92 Å². The van der Waals surface area contributed by atoms with Gasteiger partial charge >= 0.3 is 0 Å². The average Bonchev–Trinajstić information content (AvgIpc) is 3.22. The molecule has 1 aromatic rings. The number of nitrogens with zero attached hydrogens (tertiary/aromatic N) is 1. The van der Waals surface area contributed by atoms with Crippen molar-refractivity contribution >= 4 is 17.4 Å². The van der Waals surface area contributed by atoms with Gasteiger partial charge in [-0.1, -0.05) is 6.92 Å². The van der Waals surface area contributed by atoms with Crippen LogP contribution in [-0.2, 0) is 4.79 Å². The van der Waals surface area contributed by atoms with Crippen LogP contribution in [0.4, 0.5) is 11.5 Å². The number of hydrogen-bond donors (Lipinski definition) is 2. The summed E-state index contributed by atoms with van der Waals surface area (Å²) < 4.78 is 2.22. The first-order valence-corrected chi connectivity index (χ1v) is 7.95. The van der Waals surface area contributed by atoms with E-state index in [9.17, 15) is 4.79 Å². The Balaban J connectivity index is 2.34. The third kappa shape index (κ3) is 4.19. The van der Waals surface area contributed by atoms with E-state index >= 15 is 0 Å². The van der Waals surface area contributed by atoms with Crippen LogP contribution in [0.2, 0.25) is 0 Å². The van der Waals surface area contributed by atoms with E-state index in [-0.39, 0.29) is 17.4 Å². The molecule has 1 aliphatic rings. The highest BCUT2D eigenvalue weighted by Gasteiger charge is 2.32. The maximum Gasteiger partial charge on any atom is 0.299 e. The van der Waals surface area contributed by atoms with E-state index in [0.29, 0.717) is 6.04 Å². The van der Waals surface area contributed by atoms with Crippen LogP contribution in [0.25, 0.3) is 0 Å². The average molecular weight is 290 g/mol. The smallest absolute Gasteiger partial charge is 0.299 e. The van der Waals surface area contributed by atoms with Crippen molar-refractivity contribution in [3.05, 3.63) is 18.3 Å². The number of nitrogens with one attached hydrogen (secondary N) is 2. The largest absolute Gasteiger partial charge is 0.319 e. The van der Waals surface area contributed by atoms with Crippen molar-refractivity contribution in [2.24, 2.45) is 5.92 Å². The Kier molecular flexibility index (Phi) is 4.55. The maximum atomic E-state index is 12.1. The van der Waals surface area contributed by atoms with Gasteiger partial charge in [0.15, 0.2) is 0 Å². The Morgan fingerprint density at radius 2 is 2.10 bits per heavy atom. The van der Waals surface area contributed by atoms with Crippen LogP contribution in [0.5, 0.6) is 0 Å². The molecule has 0 spiro atoms. The number of carbonyl (C=O) groups is 1. The molecule has 0 bridgehead atoms. The van der Waals surface area contributed by atoms with Gasteiger partial charge in [-0.25, -0.2) is 4.57 Å². The van der Waals surface area contributed by atoms with Crippen LogP contribution in [-0.4, -0.2) is 11.4 Å². The van der Waals surface area contributed by atoms with Crippen molar-refractivity contribution in [1.29, 1.82) is 0 Å². The van der Waals surface area contributed by atoms with E-state index in [1.165, 1.54) is 0 Å². The van der Waals surface area contributed by atoms with Crippen LogP contribution < -0.4 is 15.2 Å². The lowest BCUT2D eigenvalue weighted by molar-refractivity contribution is -0.706. The van der Waals surface area contributed by atoms with Gasteiger partial charge in [-0.2, -0.15) is 0 Å². The summed E-state index contributed by atoms with van der Waals surface area (Å²) in [5.74, 6) is 1.35. The molecule has 1 unspecified atom stereocenters. The number of anilines is 2. The standard InChI is InChI=1S/C17H27N3O/c1-6-12(2)20-11-7-8-14(15(20)19-17(3,4)5)18-16(21)13-9-10-13/h7-8,11-13H,6,9-10H2,1-5H3,(H,18,21)/p+1. The minimum absolute atomic E-state index is 0.0599. The summed E-state index contributed by atoms with van der Waals surface area (Å²) in [7, 11) is 0. The zero-order chi connectivity index (χ0) is 15.6. The van der Waals surface area contributed by atoms with E-state index in [0.717, 1.165) is 30.8 Å². The first-order chi connectivity index (χ1) is 9.81. The van der Waals surface area contributed by atoms with Crippen LogP contribution in [0.1, 0.15) is 59.9 Å². The molecule has 0 radical (unpaired) electrons. The molecule has 1 heterocycles. The number of amides is 1. The number of rotatable bonds is 5. The second-order valence-electron chi connectivity index (χ2n) is 7.07. The third-order valence-corrected chi connectivity index (χ3v) is 3.79. The molecule has 0 saturated heterocycles. The highest BCUT2D eigenvalue weighted by molar-refractivity contribution is 5.96. The van der Waals surface area contributed by atoms with Gasteiger partial charge in [-0.15, -0.1) is 0 Å². The van der Waals surface area contributed by atoms with Crippen molar-refractivity contribution < 1.29 is 9.36 Å². The number of hydrogen-bond acceptors (Lipinski definition) is 2. The molecule has 0 aromatic carbocycles. The Morgan fingerprint density at radius 3 is 2.62 bits per heavy atom. The quantitative estimate of drug-likeness (QED) is 0.815. The van der Waals surface area contributed by atoms with Gasteiger partial charge in [0.2, 0.25) is 5.91 Å². The van der Waals surface area contributed by atoms with Crippen LogP contribution in [0.3, 0.4) is 0 Å². The second-order valence-corrected chi connectivity index (χ2v) is 7.07. The Labute approximate surface area is 127 Å². The summed E-state index contributed by atoms with van der Waals surface area (Å²) in [5, 5.41) is 6.64. The maximum absolute atomic E-state index is 12.1. The fourth-order valence-electron chi connectivity index (χ4n) is 2.26. The van der Waals surface area contributed by atoms with Crippen molar-refractivity contribution in [1.82, 2.24) is 0 Å². The zero-order valence-corrected chi connectivity index (χ0v) is 13.9. The Morgan fingerprint density at radius 1 is 1.43 bits per heavy atom. The minimum atomic E-state index is -0.0599. The first kappa shape index (κ1) is 15.8. The zero-order valence-electron chi connectivity index (χ0n) is 13.9. The number of pyridine rings is 1. The van der Waals surface area contributed by atoms with E-state index in [1.807, 2.05) is 12.1 Å². The SMILES string of the molecule is CCC(C)[n+]1cccc(NC(=O)C2CC2)c1NC(C)(C)C. The number of carbonyl (C=O) groups excluding carboxylic acids is 1. The lowest BCUT2D eigenvalue weighted by atomic mass is 10.1. The predicted molar refractivity (Wildman–Crippen MR) is 86.4 cm³/mol. The molecule has 1 aromatic heterocycles. The summed E-state index contributed by atoms with van der Waals surface area (Å²) in [6, 6.07) is 4.36. The highest BCUT2D eigenvalue weighted by atomic mass is 16.2. The fourth-order valence-corrected chi connectivity index (χ4v) is 2.26. The van der Waals surface area contributed by atoms with E-state index < -0.39 is 0 Å². The first-order valence-electron chi connectivity index (χ1n) is 7.95. The van der Waals surface area contributed by atoms with Gasteiger partial charge in [0.05, 0.1) is 17.8 Å². The molecular weight excluding hydrogens is 262 g/mol. The molecule has 1 fully saturated rings. The van der Waals surface area contributed by atoms with Gasteiger partial charge in [0.25, 0.3) is 5.82 Å². The van der Waals surface area contributed by atoms with Crippen LogP contribution >= 0.6 is 0 Å². The monoisotopic (exact) mass is 290 g/mol. The van der Waals surface area contributed by atoms with Crippen molar-refractivity contribution in [2.75, 3.05) is 10.6 Å². The molecular formula is C17H28N3O+. The highest BCUT2D eigenvalue weighted by Crippen LogP contribution is 2.31. The molecule has 2 rings (SSSR count). The molecule has 1 aliphatic carbocycles. The van der Waals surface area contributed by atoms with Crippen molar-refractivity contribution in [3.63, 3.8) is 0 Å². The van der Waals surface area contributed by atoms with Gasteiger partial charge in [0, 0.05) is 5.92 Å². The minimum Gasteiger partial charge on any atom is -0.319 e. The third-order valence-electron chi connectivity index (χ3n) is 3.79. The molecule has 21 heavy (non-hydrogen) atoms. The van der Waals surface area contributed by atoms with Crippen LogP contribution in [0.15, 0.2) is 18.3 Å². The summed E-state index contributed by atoms with van der Waals surface area (Å²) in [4.78, 5) is 12.1. The normalized spacial score (nSPS) is 16.4. The molecule has 4 heteroatoms. The summed E-state index contributed by atoms with van der Waals surface area (Å²) >= 11 is 0. The Hall–Kier alpha value is -1.58. The molecule has 1 saturated carbocycles. The lowest BCUT2D eigenvalue weighted by Gasteiger charge is -2.22. The summed E-state index contributed by atoms with van der Waals surface area (Å²) in [5.41, 5.74) is 0.819. The van der Waals surface area contributed by atoms with Crippen molar-refractivity contribution in [2.45, 2.75) is 65.5 Å². The molecule has 0 aliphatic heterocycles. The Bertz CT molecular complexity index is 515. The topological polar surface area (TPSA) is 45.0 Å². The van der Waals surface area contributed by atoms with Gasteiger partial charge in [0.1, 0.15) is 5.69 Å². The fraction of sp³-hybridized carbons (Fsp3) is 0.647. The van der Waals surface area contributed by atoms with E-state index in [4.69, 9.17) is 0 Å².